The summed E-state index contributed by atoms with van der Waals surface area (Å²) in [4.78, 5) is 14.5. The van der Waals surface area contributed by atoms with Crippen LogP contribution in [0, 0.1) is 5.92 Å². The summed E-state index contributed by atoms with van der Waals surface area (Å²) in [6.07, 6.45) is 4.43. The van der Waals surface area contributed by atoms with Gasteiger partial charge in [0.15, 0.2) is 0 Å². The quantitative estimate of drug-likeness (QED) is 0.787. The summed E-state index contributed by atoms with van der Waals surface area (Å²) in [5.41, 5.74) is 6.00. The van der Waals surface area contributed by atoms with E-state index in [0.29, 0.717) is 6.61 Å². The number of rotatable bonds is 2. The molecule has 2 rings (SSSR count). The van der Waals surface area contributed by atoms with Gasteiger partial charge < -0.3 is 15.4 Å². The lowest BCUT2D eigenvalue weighted by molar-refractivity contribution is -0.139. The van der Waals surface area contributed by atoms with E-state index in [1.807, 2.05) is 18.7 Å². The number of nitrogens with zero attached hydrogens (tertiary/aromatic N) is 1. The SMILES string of the molecule is CC1CC(C(=O)N2CCCCC2C(C)N)CO1. The van der Waals surface area contributed by atoms with Crippen LogP contribution in [-0.2, 0) is 9.53 Å². The topological polar surface area (TPSA) is 55.6 Å². The molecule has 0 radical (unpaired) electrons. The number of piperidine rings is 1. The third kappa shape index (κ3) is 2.80. The van der Waals surface area contributed by atoms with E-state index in [0.717, 1.165) is 25.8 Å². The van der Waals surface area contributed by atoms with E-state index < -0.39 is 0 Å². The number of likely N-dealkylation sites (tertiary alicyclic amines) is 1. The van der Waals surface area contributed by atoms with Gasteiger partial charge in [-0.05, 0) is 39.5 Å². The molecular formula is C13H24N2O2. The molecule has 0 spiro atoms. The number of ether oxygens (including phenoxy) is 1. The van der Waals surface area contributed by atoms with Crippen molar-refractivity contribution in [1.29, 1.82) is 0 Å². The smallest absolute Gasteiger partial charge is 0.228 e. The zero-order valence-electron chi connectivity index (χ0n) is 10.9. The van der Waals surface area contributed by atoms with Crippen molar-refractivity contribution in [2.75, 3.05) is 13.2 Å². The lowest BCUT2D eigenvalue weighted by Crippen LogP contribution is -2.53. The second-order valence-corrected chi connectivity index (χ2v) is 5.53. The van der Waals surface area contributed by atoms with Crippen molar-refractivity contribution < 1.29 is 9.53 Å². The minimum Gasteiger partial charge on any atom is -0.378 e. The first-order valence-electron chi connectivity index (χ1n) is 6.77. The van der Waals surface area contributed by atoms with Crippen molar-refractivity contribution >= 4 is 5.91 Å². The van der Waals surface area contributed by atoms with E-state index in [1.54, 1.807) is 0 Å². The Bertz CT molecular complexity index is 281. The summed E-state index contributed by atoms with van der Waals surface area (Å²) in [6.45, 7) is 5.49. The molecule has 0 aromatic rings. The highest BCUT2D eigenvalue weighted by Crippen LogP contribution is 2.26. The second kappa shape index (κ2) is 5.36. The number of carbonyl (C=O) groups excluding carboxylic acids is 1. The molecule has 0 aromatic heterocycles. The number of amides is 1. The van der Waals surface area contributed by atoms with Crippen molar-refractivity contribution in [3.8, 4) is 0 Å². The predicted octanol–water partition coefficient (Wildman–Crippen LogP) is 1.14. The van der Waals surface area contributed by atoms with Crippen LogP contribution in [0.5, 0.6) is 0 Å². The summed E-state index contributed by atoms with van der Waals surface area (Å²) < 4.78 is 5.49. The minimum absolute atomic E-state index is 0.0596. The molecule has 98 valence electrons. The Kier molecular flexibility index (Phi) is 4.05. The maximum absolute atomic E-state index is 12.5. The second-order valence-electron chi connectivity index (χ2n) is 5.53. The highest BCUT2D eigenvalue weighted by molar-refractivity contribution is 5.79. The lowest BCUT2D eigenvalue weighted by atomic mass is 9.94. The molecule has 0 aromatic carbocycles. The van der Waals surface area contributed by atoms with Crippen LogP contribution in [0.1, 0.15) is 39.5 Å². The predicted molar refractivity (Wildman–Crippen MR) is 66.5 cm³/mol. The van der Waals surface area contributed by atoms with Crippen LogP contribution in [0.25, 0.3) is 0 Å². The Balaban J connectivity index is 2.01. The minimum atomic E-state index is 0.0596. The van der Waals surface area contributed by atoms with Crippen molar-refractivity contribution in [3.63, 3.8) is 0 Å². The Morgan fingerprint density at radius 1 is 1.47 bits per heavy atom. The van der Waals surface area contributed by atoms with E-state index in [4.69, 9.17) is 10.5 Å². The van der Waals surface area contributed by atoms with E-state index in [-0.39, 0.29) is 30.0 Å². The molecule has 2 N–H and O–H groups in total. The third-order valence-electron chi connectivity index (χ3n) is 3.99. The van der Waals surface area contributed by atoms with E-state index in [1.165, 1.54) is 6.42 Å². The number of carbonyl (C=O) groups is 1. The highest BCUT2D eigenvalue weighted by Gasteiger charge is 2.36. The fraction of sp³-hybridized carbons (Fsp3) is 0.923. The molecule has 4 atom stereocenters. The van der Waals surface area contributed by atoms with Gasteiger partial charge in [0.1, 0.15) is 0 Å². The fourth-order valence-electron chi connectivity index (χ4n) is 3.00. The molecular weight excluding hydrogens is 216 g/mol. The Hall–Kier alpha value is -0.610. The van der Waals surface area contributed by atoms with Gasteiger partial charge in [0.05, 0.1) is 18.6 Å². The van der Waals surface area contributed by atoms with Gasteiger partial charge in [-0.2, -0.15) is 0 Å². The van der Waals surface area contributed by atoms with Crippen LogP contribution in [0.4, 0.5) is 0 Å². The Labute approximate surface area is 103 Å². The molecule has 0 saturated carbocycles. The number of nitrogens with two attached hydrogens (primary N) is 1. The first-order valence-corrected chi connectivity index (χ1v) is 6.77. The van der Waals surface area contributed by atoms with E-state index in [2.05, 4.69) is 0 Å². The lowest BCUT2D eigenvalue weighted by Gasteiger charge is -2.39. The van der Waals surface area contributed by atoms with Crippen LogP contribution in [0.15, 0.2) is 0 Å². The maximum Gasteiger partial charge on any atom is 0.228 e. The molecule has 2 saturated heterocycles. The van der Waals surface area contributed by atoms with Crippen molar-refractivity contribution in [2.45, 2.75) is 57.7 Å². The van der Waals surface area contributed by atoms with Gasteiger partial charge in [-0.15, -0.1) is 0 Å². The zero-order chi connectivity index (χ0) is 12.4. The van der Waals surface area contributed by atoms with Crippen molar-refractivity contribution in [3.05, 3.63) is 0 Å². The van der Waals surface area contributed by atoms with Gasteiger partial charge in [-0.25, -0.2) is 0 Å². The van der Waals surface area contributed by atoms with Gasteiger partial charge in [-0.3, -0.25) is 4.79 Å². The maximum atomic E-state index is 12.5. The Morgan fingerprint density at radius 3 is 2.82 bits per heavy atom. The van der Waals surface area contributed by atoms with E-state index in [9.17, 15) is 4.79 Å². The van der Waals surface area contributed by atoms with Gasteiger partial charge in [0, 0.05) is 18.6 Å². The van der Waals surface area contributed by atoms with Crippen molar-refractivity contribution in [2.24, 2.45) is 11.7 Å². The average molecular weight is 240 g/mol. The fourth-order valence-corrected chi connectivity index (χ4v) is 3.00. The average Bonchev–Trinajstić information content (AvgIpc) is 2.75. The van der Waals surface area contributed by atoms with Crippen molar-refractivity contribution in [1.82, 2.24) is 4.90 Å². The van der Waals surface area contributed by atoms with Gasteiger partial charge in [0.25, 0.3) is 0 Å². The molecule has 17 heavy (non-hydrogen) atoms. The van der Waals surface area contributed by atoms with Gasteiger partial charge in [0.2, 0.25) is 5.91 Å². The molecule has 2 heterocycles. The first-order chi connectivity index (χ1) is 8.09. The molecule has 2 aliphatic heterocycles. The molecule has 4 nitrogen and oxygen atoms in total. The summed E-state index contributed by atoms with van der Waals surface area (Å²) in [7, 11) is 0. The van der Waals surface area contributed by atoms with Crippen LogP contribution >= 0.6 is 0 Å². The summed E-state index contributed by atoms with van der Waals surface area (Å²) in [6, 6.07) is 0.297. The largest absolute Gasteiger partial charge is 0.378 e. The molecule has 4 heteroatoms. The monoisotopic (exact) mass is 240 g/mol. The molecule has 1 amide bonds. The molecule has 2 aliphatic rings. The first kappa shape index (κ1) is 12.8. The van der Waals surface area contributed by atoms with Crippen LogP contribution < -0.4 is 5.73 Å². The number of hydrogen-bond acceptors (Lipinski definition) is 3. The standard InChI is InChI=1S/C13H24N2O2/c1-9-7-11(8-17-9)13(16)15-6-4-3-5-12(15)10(2)14/h9-12H,3-8,14H2,1-2H3. The van der Waals surface area contributed by atoms with Gasteiger partial charge in [-0.1, -0.05) is 0 Å². The molecule has 4 unspecified atom stereocenters. The normalized spacial score (nSPS) is 35.9. The highest BCUT2D eigenvalue weighted by atomic mass is 16.5. The van der Waals surface area contributed by atoms with E-state index >= 15 is 0 Å². The molecule has 0 aliphatic carbocycles. The zero-order valence-corrected chi connectivity index (χ0v) is 10.9. The van der Waals surface area contributed by atoms with Crippen LogP contribution in [0.2, 0.25) is 0 Å². The summed E-state index contributed by atoms with van der Waals surface area (Å²) in [5.74, 6) is 0.320. The van der Waals surface area contributed by atoms with Crippen LogP contribution in [-0.4, -0.2) is 42.1 Å². The van der Waals surface area contributed by atoms with Gasteiger partial charge >= 0.3 is 0 Å². The molecule has 2 fully saturated rings. The molecule has 0 bridgehead atoms. The van der Waals surface area contributed by atoms with Crippen LogP contribution in [0.3, 0.4) is 0 Å². The third-order valence-corrected chi connectivity index (χ3v) is 3.99. The summed E-state index contributed by atoms with van der Waals surface area (Å²) >= 11 is 0. The Morgan fingerprint density at radius 2 is 2.24 bits per heavy atom. The summed E-state index contributed by atoms with van der Waals surface area (Å²) in [5, 5.41) is 0. The number of hydrogen-bond donors (Lipinski definition) is 1.